The van der Waals surface area contributed by atoms with E-state index in [-0.39, 0.29) is 34.2 Å². The molecule has 0 aliphatic heterocycles. The van der Waals surface area contributed by atoms with Crippen LogP contribution >= 0.6 is 0 Å². The molecule has 38 heavy (non-hydrogen) atoms. The largest absolute Gasteiger partial charge is 0.573 e. The quantitative estimate of drug-likeness (QED) is 0.257. The molecule has 1 heterocycles. The van der Waals surface area contributed by atoms with Crippen LogP contribution in [0.2, 0.25) is 0 Å². The summed E-state index contributed by atoms with van der Waals surface area (Å²) in [6.45, 7) is 3.75. The van der Waals surface area contributed by atoms with E-state index in [4.69, 9.17) is 9.47 Å². The Morgan fingerprint density at radius 2 is 1.45 bits per heavy atom. The van der Waals surface area contributed by atoms with Crippen LogP contribution in [0.3, 0.4) is 0 Å². The maximum atomic E-state index is 12.4. The molecule has 0 atom stereocenters. The van der Waals surface area contributed by atoms with E-state index in [9.17, 15) is 33.0 Å². The number of aliphatic carboxylic acids is 1. The Bertz CT molecular complexity index is 1470. The highest BCUT2D eigenvalue weighted by atomic mass is 19.4. The maximum Gasteiger partial charge on any atom is 0.573 e. The van der Waals surface area contributed by atoms with E-state index >= 15 is 0 Å². The van der Waals surface area contributed by atoms with Crippen LogP contribution in [0.4, 0.5) is 13.2 Å². The first-order valence-electron chi connectivity index (χ1n) is 11.3. The van der Waals surface area contributed by atoms with Gasteiger partial charge in [-0.05, 0) is 80.6 Å². The molecule has 0 bridgehead atoms. The van der Waals surface area contributed by atoms with Gasteiger partial charge in [0, 0.05) is 16.8 Å². The second-order valence-corrected chi connectivity index (χ2v) is 8.49. The maximum absolute atomic E-state index is 12.4. The van der Waals surface area contributed by atoms with Crippen LogP contribution in [0.5, 0.6) is 23.0 Å². The Hall–Kier alpha value is -4.67. The summed E-state index contributed by atoms with van der Waals surface area (Å²) in [7, 11) is 0. The van der Waals surface area contributed by atoms with Crippen molar-refractivity contribution in [3.05, 3.63) is 78.0 Å². The van der Waals surface area contributed by atoms with E-state index < -0.39 is 30.5 Å². The Morgan fingerprint density at radius 1 is 0.868 bits per heavy atom. The van der Waals surface area contributed by atoms with E-state index in [0.717, 1.165) is 12.1 Å². The highest BCUT2D eigenvalue weighted by molar-refractivity contribution is 6.07. The lowest BCUT2D eigenvalue weighted by atomic mass is 10.1. The molecular formula is C27H22F3NO7. The minimum Gasteiger partial charge on any atom is -0.491 e. The highest BCUT2D eigenvalue weighted by Gasteiger charge is 2.31. The van der Waals surface area contributed by atoms with Crippen molar-refractivity contribution < 1.29 is 47.2 Å². The summed E-state index contributed by atoms with van der Waals surface area (Å²) >= 11 is 0. The predicted octanol–water partition coefficient (Wildman–Crippen LogP) is 6.43. The number of carbonyl (C=O) groups is 2. The fourth-order valence-electron chi connectivity index (χ4n) is 4.02. The average Bonchev–Trinajstić information content (AvgIpc) is 3.12. The number of hydrogen-bond donors (Lipinski definition) is 2. The molecule has 0 radical (unpaired) electrons. The zero-order chi connectivity index (χ0) is 27.6. The topological polar surface area (TPSA) is 107 Å². The van der Waals surface area contributed by atoms with E-state index in [0.29, 0.717) is 17.0 Å². The Kier molecular flexibility index (Phi) is 7.20. The third-order valence-electron chi connectivity index (χ3n) is 5.33. The van der Waals surface area contributed by atoms with E-state index in [1.807, 2.05) is 13.8 Å². The molecule has 0 amide bonds. The van der Waals surface area contributed by atoms with E-state index in [2.05, 4.69) is 4.74 Å². The van der Waals surface area contributed by atoms with Gasteiger partial charge in [-0.15, -0.1) is 13.2 Å². The minimum absolute atomic E-state index is 0.0544. The first-order chi connectivity index (χ1) is 17.9. The highest BCUT2D eigenvalue weighted by Crippen LogP contribution is 2.35. The summed E-state index contributed by atoms with van der Waals surface area (Å²) < 4.78 is 54.0. The van der Waals surface area contributed by atoms with Crippen LogP contribution in [0.1, 0.15) is 29.9 Å². The van der Waals surface area contributed by atoms with E-state index in [1.54, 1.807) is 41.0 Å². The number of alkyl halides is 3. The van der Waals surface area contributed by atoms with Gasteiger partial charge in [-0.1, -0.05) is 0 Å². The lowest BCUT2D eigenvalue weighted by Gasteiger charge is -2.13. The van der Waals surface area contributed by atoms with Gasteiger partial charge in [-0.3, -0.25) is 4.79 Å². The molecule has 0 fully saturated rings. The summed E-state index contributed by atoms with van der Waals surface area (Å²) in [6, 6.07) is 16.1. The molecule has 2 N–H and O–H groups in total. The van der Waals surface area contributed by atoms with Crippen LogP contribution < -0.4 is 14.2 Å². The summed E-state index contributed by atoms with van der Waals surface area (Å²) in [5.41, 5.74) is 0.814. The molecule has 0 unspecified atom stereocenters. The molecule has 1 aromatic heterocycles. The number of aromatic carboxylic acids is 1. The standard InChI is InChI=1S/C27H22F3NO7/c1-15(2)36-17-5-3-16(4-6-17)31-22-12-11-20(13-21(22)25(26(34)35)23(31)14-24(32)33)37-18-7-9-19(10-8-18)38-27(28,29)30/h3-13,15H,14H2,1-2H3,(H,32,33)(H,34,35). The number of ether oxygens (including phenoxy) is 3. The monoisotopic (exact) mass is 529 g/mol. The SMILES string of the molecule is CC(C)Oc1ccc(-n2c(CC(=O)O)c(C(=O)O)c3cc(Oc4ccc(OC(F)(F)F)cc4)ccc32)cc1. The molecule has 0 aliphatic carbocycles. The van der Waals surface area contributed by atoms with Crippen molar-refractivity contribution in [2.24, 2.45) is 0 Å². The fourth-order valence-corrected chi connectivity index (χ4v) is 4.02. The number of hydrogen-bond acceptors (Lipinski definition) is 5. The first-order valence-corrected chi connectivity index (χ1v) is 11.3. The molecule has 11 heteroatoms. The van der Waals surface area contributed by atoms with Crippen molar-refractivity contribution >= 4 is 22.8 Å². The predicted molar refractivity (Wildman–Crippen MR) is 131 cm³/mol. The van der Waals surface area contributed by atoms with Crippen LogP contribution in [0.15, 0.2) is 66.7 Å². The van der Waals surface area contributed by atoms with Crippen molar-refractivity contribution in [3.63, 3.8) is 0 Å². The molecule has 8 nitrogen and oxygen atoms in total. The van der Waals surface area contributed by atoms with Crippen molar-refractivity contribution in [1.29, 1.82) is 0 Å². The molecule has 0 saturated heterocycles. The number of nitrogens with zero attached hydrogens (tertiary/aromatic N) is 1. The average molecular weight is 529 g/mol. The van der Waals surface area contributed by atoms with Gasteiger partial charge in [0.05, 0.1) is 23.6 Å². The molecule has 0 spiro atoms. The van der Waals surface area contributed by atoms with Crippen LogP contribution in [-0.4, -0.2) is 39.2 Å². The molecule has 4 rings (SSSR count). The Morgan fingerprint density at radius 3 is 2.00 bits per heavy atom. The van der Waals surface area contributed by atoms with Gasteiger partial charge in [-0.2, -0.15) is 0 Å². The molecule has 3 aromatic carbocycles. The second-order valence-electron chi connectivity index (χ2n) is 8.49. The van der Waals surface area contributed by atoms with Crippen LogP contribution in [-0.2, 0) is 11.2 Å². The van der Waals surface area contributed by atoms with Gasteiger partial charge in [0.25, 0.3) is 0 Å². The van der Waals surface area contributed by atoms with Crippen LogP contribution in [0.25, 0.3) is 16.6 Å². The fraction of sp³-hybridized carbons (Fsp3) is 0.185. The van der Waals surface area contributed by atoms with Gasteiger partial charge in [0.1, 0.15) is 23.0 Å². The first kappa shape index (κ1) is 26.4. The summed E-state index contributed by atoms with van der Waals surface area (Å²) in [5.74, 6) is -1.98. The number of carboxylic acid groups (broad SMARTS) is 2. The minimum atomic E-state index is -4.83. The zero-order valence-corrected chi connectivity index (χ0v) is 20.2. The third-order valence-corrected chi connectivity index (χ3v) is 5.33. The number of aromatic nitrogens is 1. The van der Waals surface area contributed by atoms with Gasteiger partial charge in [0.2, 0.25) is 0 Å². The number of carboxylic acids is 2. The molecule has 0 aliphatic rings. The molecule has 4 aromatic rings. The second kappa shape index (κ2) is 10.4. The van der Waals surface area contributed by atoms with Crippen LogP contribution in [0, 0.1) is 0 Å². The van der Waals surface area contributed by atoms with Crippen molar-refractivity contribution in [2.45, 2.75) is 32.7 Å². The number of benzene rings is 3. The Labute approximate surface area is 214 Å². The number of fused-ring (bicyclic) bond motifs is 1. The van der Waals surface area contributed by atoms with Gasteiger partial charge >= 0.3 is 18.3 Å². The lowest BCUT2D eigenvalue weighted by molar-refractivity contribution is -0.274. The van der Waals surface area contributed by atoms with Gasteiger partial charge in [-0.25, -0.2) is 4.79 Å². The number of rotatable bonds is 9. The smallest absolute Gasteiger partial charge is 0.491 e. The van der Waals surface area contributed by atoms with Crippen molar-refractivity contribution in [1.82, 2.24) is 4.57 Å². The molecular weight excluding hydrogens is 507 g/mol. The van der Waals surface area contributed by atoms with Crippen molar-refractivity contribution in [2.75, 3.05) is 0 Å². The summed E-state index contributed by atoms with van der Waals surface area (Å²) in [5, 5.41) is 19.8. The zero-order valence-electron chi connectivity index (χ0n) is 20.2. The Balaban J connectivity index is 1.77. The van der Waals surface area contributed by atoms with Gasteiger partial charge in [0.15, 0.2) is 0 Å². The lowest BCUT2D eigenvalue weighted by Crippen LogP contribution is -2.16. The molecule has 198 valence electrons. The molecule has 0 saturated carbocycles. The van der Waals surface area contributed by atoms with Gasteiger partial charge < -0.3 is 29.0 Å². The summed E-state index contributed by atoms with van der Waals surface area (Å²) in [6.07, 6.45) is -5.44. The van der Waals surface area contributed by atoms with E-state index in [1.165, 1.54) is 18.2 Å². The third kappa shape index (κ3) is 6.00. The summed E-state index contributed by atoms with van der Waals surface area (Å²) in [4.78, 5) is 24.0. The van der Waals surface area contributed by atoms with Crippen molar-refractivity contribution in [3.8, 4) is 28.7 Å². The normalized spacial score (nSPS) is 11.5. The number of halogens is 3.